The summed E-state index contributed by atoms with van der Waals surface area (Å²) in [6.45, 7) is 1.55. The van der Waals surface area contributed by atoms with E-state index in [4.69, 9.17) is 5.73 Å². The molecular formula is C8H17N3O4. The SMILES string of the molecule is CCCCC(O)(NC(=O)CN)C(=O)ON. The molecule has 0 radical (unpaired) electrons. The Hall–Kier alpha value is -1.18. The normalized spacial score (nSPS) is 14.1. The molecule has 15 heavy (non-hydrogen) atoms. The van der Waals surface area contributed by atoms with E-state index in [1.165, 1.54) is 0 Å². The van der Waals surface area contributed by atoms with Crippen molar-refractivity contribution >= 4 is 11.9 Å². The lowest BCUT2D eigenvalue weighted by molar-refractivity contribution is -0.173. The largest absolute Gasteiger partial charge is 0.378 e. The third-order valence-electron chi connectivity index (χ3n) is 1.87. The molecule has 7 heteroatoms. The van der Waals surface area contributed by atoms with Gasteiger partial charge in [0.1, 0.15) is 0 Å². The summed E-state index contributed by atoms with van der Waals surface area (Å²) in [6.07, 6.45) is 1.32. The highest BCUT2D eigenvalue weighted by Crippen LogP contribution is 2.12. The van der Waals surface area contributed by atoms with Crippen LogP contribution in [0.15, 0.2) is 0 Å². The summed E-state index contributed by atoms with van der Waals surface area (Å²) in [5.41, 5.74) is 2.96. The maximum absolute atomic E-state index is 11.1. The van der Waals surface area contributed by atoms with E-state index >= 15 is 0 Å². The highest BCUT2D eigenvalue weighted by molar-refractivity contribution is 5.87. The van der Waals surface area contributed by atoms with Crippen molar-refractivity contribution in [2.45, 2.75) is 31.9 Å². The molecule has 1 amide bonds. The van der Waals surface area contributed by atoms with E-state index in [0.717, 1.165) is 6.42 Å². The zero-order chi connectivity index (χ0) is 11.9. The Kier molecular flexibility index (Phi) is 5.83. The molecule has 0 bridgehead atoms. The Balaban J connectivity index is 4.53. The topological polar surface area (TPSA) is 128 Å². The number of carbonyl (C=O) groups is 2. The highest BCUT2D eigenvalue weighted by Gasteiger charge is 2.38. The third kappa shape index (κ3) is 4.24. The Morgan fingerprint density at radius 2 is 2.13 bits per heavy atom. The van der Waals surface area contributed by atoms with Crippen LogP contribution in [-0.2, 0) is 14.4 Å². The summed E-state index contributed by atoms with van der Waals surface area (Å²) in [7, 11) is 0. The molecule has 0 aromatic carbocycles. The van der Waals surface area contributed by atoms with Gasteiger partial charge in [-0.1, -0.05) is 13.3 Å². The Morgan fingerprint density at radius 3 is 2.53 bits per heavy atom. The number of carbonyl (C=O) groups excluding carboxylic acids is 2. The first kappa shape index (κ1) is 13.8. The van der Waals surface area contributed by atoms with Crippen LogP contribution in [-0.4, -0.2) is 29.3 Å². The van der Waals surface area contributed by atoms with E-state index in [2.05, 4.69) is 16.1 Å². The lowest BCUT2D eigenvalue weighted by Gasteiger charge is -2.25. The summed E-state index contributed by atoms with van der Waals surface area (Å²) in [5.74, 6) is 2.90. The number of aliphatic hydroxyl groups is 1. The van der Waals surface area contributed by atoms with E-state index in [9.17, 15) is 14.7 Å². The van der Waals surface area contributed by atoms with Gasteiger partial charge in [0.15, 0.2) is 0 Å². The van der Waals surface area contributed by atoms with E-state index in [-0.39, 0.29) is 13.0 Å². The van der Waals surface area contributed by atoms with Crippen LogP contribution in [0.4, 0.5) is 0 Å². The summed E-state index contributed by atoms with van der Waals surface area (Å²) in [6, 6.07) is 0. The predicted octanol–water partition coefficient (Wildman–Crippen LogP) is -1.64. The van der Waals surface area contributed by atoms with Crippen molar-refractivity contribution in [2.24, 2.45) is 11.6 Å². The molecule has 6 N–H and O–H groups in total. The second-order valence-corrected chi connectivity index (χ2v) is 3.12. The molecule has 0 aromatic rings. The fraction of sp³-hybridized carbons (Fsp3) is 0.750. The molecule has 0 aliphatic carbocycles. The number of hydrogen-bond acceptors (Lipinski definition) is 6. The summed E-state index contributed by atoms with van der Waals surface area (Å²) in [4.78, 5) is 26.0. The highest BCUT2D eigenvalue weighted by atomic mass is 16.7. The maximum atomic E-state index is 11.1. The van der Waals surface area contributed by atoms with Crippen LogP contribution in [0.3, 0.4) is 0 Å². The number of hydrogen-bond donors (Lipinski definition) is 4. The van der Waals surface area contributed by atoms with Crippen LogP contribution >= 0.6 is 0 Å². The third-order valence-corrected chi connectivity index (χ3v) is 1.87. The second kappa shape index (κ2) is 6.33. The van der Waals surface area contributed by atoms with E-state index in [1.807, 2.05) is 6.92 Å². The van der Waals surface area contributed by atoms with Gasteiger partial charge in [0, 0.05) is 6.42 Å². The molecule has 88 valence electrons. The average Bonchev–Trinajstić information content (AvgIpc) is 2.24. The molecule has 0 heterocycles. The van der Waals surface area contributed by atoms with Crippen LogP contribution in [0.25, 0.3) is 0 Å². The molecule has 0 aliphatic heterocycles. The van der Waals surface area contributed by atoms with Gasteiger partial charge < -0.3 is 21.0 Å². The predicted molar refractivity (Wildman–Crippen MR) is 52.0 cm³/mol. The summed E-state index contributed by atoms with van der Waals surface area (Å²) in [5, 5.41) is 11.8. The van der Waals surface area contributed by atoms with Crippen molar-refractivity contribution in [3.05, 3.63) is 0 Å². The van der Waals surface area contributed by atoms with Crippen LogP contribution in [0.2, 0.25) is 0 Å². The number of rotatable bonds is 6. The number of unbranched alkanes of at least 4 members (excludes halogenated alkanes) is 1. The lowest BCUT2D eigenvalue weighted by atomic mass is 10.1. The summed E-state index contributed by atoms with van der Waals surface area (Å²) < 4.78 is 0. The van der Waals surface area contributed by atoms with Gasteiger partial charge in [0.05, 0.1) is 6.54 Å². The van der Waals surface area contributed by atoms with Crippen molar-refractivity contribution in [3.8, 4) is 0 Å². The van der Waals surface area contributed by atoms with Crippen molar-refractivity contribution in [1.82, 2.24) is 5.32 Å². The molecule has 1 atom stereocenters. The van der Waals surface area contributed by atoms with Crippen molar-refractivity contribution in [3.63, 3.8) is 0 Å². The molecule has 0 fully saturated rings. The van der Waals surface area contributed by atoms with Gasteiger partial charge in [-0.25, -0.2) is 4.79 Å². The van der Waals surface area contributed by atoms with E-state index in [0.29, 0.717) is 6.42 Å². The quantitative estimate of drug-likeness (QED) is 0.313. The molecule has 0 aliphatic rings. The van der Waals surface area contributed by atoms with Gasteiger partial charge in [0.2, 0.25) is 11.6 Å². The van der Waals surface area contributed by atoms with Crippen LogP contribution in [0.1, 0.15) is 26.2 Å². The standard InChI is InChI=1S/C8H17N3O4/c1-2-3-4-8(14,7(13)15-10)11-6(12)5-9/h14H,2-5,9-10H2,1H3,(H,11,12). The Morgan fingerprint density at radius 1 is 1.53 bits per heavy atom. The lowest BCUT2D eigenvalue weighted by Crippen LogP contribution is -2.57. The minimum absolute atomic E-state index is 0.0330. The molecule has 0 aromatic heterocycles. The van der Waals surface area contributed by atoms with Gasteiger partial charge in [0.25, 0.3) is 0 Å². The molecule has 0 saturated carbocycles. The average molecular weight is 219 g/mol. The number of nitrogens with two attached hydrogens (primary N) is 2. The number of nitrogens with one attached hydrogen (secondary N) is 1. The fourth-order valence-corrected chi connectivity index (χ4v) is 1.03. The molecule has 7 nitrogen and oxygen atoms in total. The molecule has 0 spiro atoms. The first-order chi connectivity index (χ1) is 7.00. The van der Waals surface area contributed by atoms with Gasteiger partial charge >= 0.3 is 5.97 Å². The van der Waals surface area contributed by atoms with E-state index < -0.39 is 17.6 Å². The second-order valence-electron chi connectivity index (χ2n) is 3.12. The molecular weight excluding hydrogens is 202 g/mol. The van der Waals surface area contributed by atoms with Crippen LogP contribution in [0, 0.1) is 0 Å². The van der Waals surface area contributed by atoms with Crippen molar-refractivity contribution in [2.75, 3.05) is 6.54 Å². The van der Waals surface area contributed by atoms with Gasteiger partial charge in [-0.05, 0) is 6.42 Å². The van der Waals surface area contributed by atoms with Gasteiger partial charge in [-0.15, -0.1) is 0 Å². The van der Waals surface area contributed by atoms with Gasteiger partial charge in [-0.3, -0.25) is 4.79 Å². The minimum Gasteiger partial charge on any atom is -0.370 e. The van der Waals surface area contributed by atoms with Crippen molar-refractivity contribution < 1.29 is 19.5 Å². The molecule has 0 rings (SSSR count). The van der Waals surface area contributed by atoms with Crippen molar-refractivity contribution in [1.29, 1.82) is 0 Å². The maximum Gasteiger partial charge on any atom is 0.378 e. The van der Waals surface area contributed by atoms with Gasteiger partial charge in [-0.2, -0.15) is 5.90 Å². The molecule has 1 unspecified atom stereocenters. The van der Waals surface area contributed by atoms with Crippen LogP contribution < -0.4 is 16.9 Å². The zero-order valence-corrected chi connectivity index (χ0v) is 8.66. The smallest absolute Gasteiger partial charge is 0.370 e. The fourth-order valence-electron chi connectivity index (χ4n) is 1.03. The minimum atomic E-state index is -2.08. The summed E-state index contributed by atoms with van der Waals surface area (Å²) >= 11 is 0. The van der Waals surface area contributed by atoms with Crippen LogP contribution in [0.5, 0.6) is 0 Å². The first-order valence-corrected chi connectivity index (χ1v) is 4.64. The van der Waals surface area contributed by atoms with E-state index in [1.54, 1.807) is 0 Å². The molecule has 0 saturated heterocycles. The zero-order valence-electron chi connectivity index (χ0n) is 8.66. The number of amides is 1. The Bertz CT molecular complexity index is 234. The first-order valence-electron chi connectivity index (χ1n) is 4.64. The monoisotopic (exact) mass is 219 g/mol. The Labute approximate surface area is 87.7 Å².